The Morgan fingerprint density at radius 1 is 1.36 bits per heavy atom. The predicted octanol–water partition coefficient (Wildman–Crippen LogP) is 0.765. The van der Waals surface area contributed by atoms with Gasteiger partial charge in [-0.15, -0.1) is 0 Å². The van der Waals surface area contributed by atoms with E-state index in [1.165, 1.54) is 0 Å². The minimum atomic E-state index is 0.0432. The Bertz CT molecular complexity index is 255. The van der Waals surface area contributed by atoms with E-state index in [2.05, 4.69) is 5.73 Å². The molecule has 0 spiro atoms. The third-order valence-electron chi connectivity index (χ3n) is 1.39. The number of hydrogen-bond acceptors (Lipinski definition) is 1. The Hall–Kier alpha value is -0.860. The second-order valence-corrected chi connectivity index (χ2v) is 2.62. The summed E-state index contributed by atoms with van der Waals surface area (Å²) in [7, 11) is 0. The summed E-state index contributed by atoms with van der Waals surface area (Å²) < 4.78 is 0. The van der Waals surface area contributed by atoms with E-state index in [0.29, 0.717) is 17.1 Å². The maximum absolute atomic E-state index is 11.0. The van der Waals surface area contributed by atoms with Crippen molar-refractivity contribution in [1.29, 1.82) is 0 Å². The van der Waals surface area contributed by atoms with Crippen molar-refractivity contribution in [1.82, 2.24) is 0 Å². The molecule has 0 saturated heterocycles. The summed E-state index contributed by atoms with van der Waals surface area (Å²) in [6.45, 7) is 0.293. The van der Waals surface area contributed by atoms with Gasteiger partial charge in [-0.3, -0.25) is 4.79 Å². The van der Waals surface area contributed by atoms with Crippen LogP contribution in [0, 0.1) is 0 Å². The molecular formula is C8H9ClNO+. The highest BCUT2D eigenvalue weighted by molar-refractivity contribution is 6.30. The fourth-order valence-electron chi connectivity index (χ4n) is 0.780. The van der Waals surface area contributed by atoms with E-state index in [1.54, 1.807) is 24.3 Å². The van der Waals surface area contributed by atoms with Crippen molar-refractivity contribution in [3.8, 4) is 0 Å². The molecule has 0 fully saturated rings. The molecule has 0 aliphatic heterocycles. The molecule has 3 heteroatoms. The lowest BCUT2D eigenvalue weighted by atomic mass is 10.1. The number of Topliss-reactive ketones (excluding diaryl/α,β-unsaturated/α-hetero) is 1. The molecule has 0 heterocycles. The van der Waals surface area contributed by atoms with Gasteiger partial charge in [0.2, 0.25) is 5.78 Å². The Kier molecular flexibility index (Phi) is 2.63. The third-order valence-corrected chi connectivity index (χ3v) is 1.65. The van der Waals surface area contributed by atoms with Gasteiger partial charge < -0.3 is 5.73 Å². The largest absolute Gasteiger partial charge is 0.351 e. The van der Waals surface area contributed by atoms with Crippen LogP contribution in [0.15, 0.2) is 24.3 Å². The van der Waals surface area contributed by atoms with Crippen molar-refractivity contribution in [3.63, 3.8) is 0 Å². The number of hydrogen-bond donors (Lipinski definition) is 1. The molecule has 0 aromatic heterocycles. The molecule has 1 rings (SSSR count). The lowest BCUT2D eigenvalue weighted by molar-refractivity contribution is -0.349. The minimum absolute atomic E-state index is 0.0432. The zero-order valence-corrected chi connectivity index (χ0v) is 6.77. The fraction of sp³-hybridized carbons (Fsp3) is 0.125. The summed E-state index contributed by atoms with van der Waals surface area (Å²) in [4.78, 5) is 11.0. The fourth-order valence-corrected chi connectivity index (χ4v) is 0.906. The van der Waals surface area contributed by atoms with Crippen LogP contribution in [0.1, 0.15) is 10.4 Å². The summed E-state index contributed by atoms with van der Waals surface area (Å²) in [5, 5.41) is 0.644. The number of benzene rings is 1. The first-order valence-electron chi connectivity index (χ1n) is 3.32. The van der Waals surface area contributed by atoms with Crippen LogP contribution in [0.25, 0.3) is 0 Å². The van der Waals surface area contributed by atoms with Crippen molar-refractivity contribution in [2.45, 2.75) is 0 Å². The van der Waals surface area contributed by atoms with Gasteiger partial charge in [-0.2, -0.15) is 0 Å². The van der Waals surface area contributed by atoms with E-state index < -0.39 is 0 Å². The lowest BCUT2D eigenvalue weighted by Crippen LogP contribution is -2.54. The second kappa shape index (κ2) is 3.51. The molecule has 0 unspecified atom stereocenters. The highest BCUT2D eigenvalue weighted by Crippen LogP contribution is 2.09. The van der Waals surface area contributed by atoms with Gasteiger partial charge in [-0.25, -0.2) is 0 Å². The number of carbonyl (C=O) groups is 1. The molecule has 0 amide bonds. The maximum Gasteiger partial charge on any atom is 0.216 e. The predicted molar refractivity (Wildman–Crippen MR) is 43.5 cm³/mol. The Morgan fingerprint density at radius 2 is 1.91 bits per heavy atom. The van der Waals surface area contributed by atoms with Crippen LogP contribution >= 0.6 is 11.6 Å². The zero-order chi connectivity index (χ0) is 8.27. The standard InChI is InChI=1S/C8H8ClNO/c9-7-3-1-6(2-4-7)8(11)5-10/h1-4H,5,10H2/p+1. The highest BCUT2D eigenvalue weighted by atomic mass is 35.5. The summed E-state index contributed by atoms with van der Waals surface area (Å²) >= 11 is 5.63. The van der Waals surface area contributed by atoms with Crippen molar-refractivity contribution in [2.75, 3.05) is 6.54 Å². The van der Waals surface area contributed by atoms with E-state index in [4.69, 9.17) is 11.6 Å². The zero-order valence-electron chi connectivity index (χ0n) is 6.01. The summed E-state index contributed by atoms with van der Waals surface area (Å²) in [6.07, 6.45) is 0. The molecule has 0 atom stereocenters. The van der Waals surface area contributed by atoms with Gasteiger partial charge in [0.25, 0.3) is 0 Å². The summed E-state index contributed by atoms with van der Waals surface area (Å²) in [6, 6.07) is 6.81. The summed E-state index contributed by atoms with van der Waals surface area (Å²) in [5.74, 6) is 0.0432. The smallest absolute Gasteiger partial charge is 0.216 e. The van der Waals surface area contributed by atoms with Gasteiger partial charge in [0.15, 0.2) is 0 Å². The van der Waals surface area contributed by atoms with Crippen molar-refractivity contribution >= 4 is 17.4 Å². The van der Waals surface area contributed by atoms with Crippen LogP contribution in [0.5, 0.6) is 0 Å². The van der Waals surface area contributed by atoms with Gasteiger partial charge >= 0.3 is 0 Å². The van der Waals surface area contributed by atoms with E-state index in [0.717, 1.165) is 0 Å². The molecule has 1 aromatic carbocycles. The number of rotatable bonds is 2. The van der Waals surface area contributed by atoms with Crippen molar-refractivity contribution in [3.05, 3.63) is 34.9 Å². The molecule has 0 aliphatic carbocycles. The molecule has 0 bridgehead atoms. The minimum Gasteiger partial charge on any atom is -0.351 e. The molecule has 0 aliphatic rings. The van der Waals surface area contributed by atoms with E-state index in [-0.39, 0.29) is 5.78 Å². The van der Waals surface area contributed by atoms with Crippen molar-refractivity contribution < 1.29 is 10.5 Å². The van der Waals surface area contributed by atoms with Gasteiger partial charge in [-0.05, 0) is 24.3 Å². The molecule has 2 nitrogen and oxygen atoms in total. The Morgan fingerprint density at radius 3 is 2.36 bits per heavy atom. The lowest BCUT2D eigenvalue weighted by Gasteiger charge is -1.94. The molecule has 58 valence electrons. The third kappa shape index (κ3) is 2.03. The van der Waals surface area contributed by atoms with Crippen LogP contribution in [0.4, 0.5) is 0 Å². The second-order valence-electron chi connectivity index (χ2n) is 2.18. The van der Waals surface area contributed by atoms with Gasteiger partial charge in [0.1, 0.15) is 6.54 Å². The van der Waals surface area contributed by atoms with Gasteiger partial charge in [0, 0.05) is 10.6 Å². The molecule has 1 aromatic rings. The van der Waals surface area contributed by atoms with E-state index >= 15 is 0 Å². The highest BCUT2D eigenvalue weighted by Gasteiger charge is 2.03. The van der Waals surface area contributed by atoms with Gasteiger partial charge in [0.05, 0.1) is 0 Å². The van der Waals surface area contributed by atoms with Crippen LogP contribution in [-0.4, -0.2) is 12.3 Å². The normalized spacial score (nSPS) is 9.64. The molecule has 11 heavy (non-hydrogen) atoms. The quantitative estimate of drug-likeness (QED) is 0.655. The average Bonchev–Trinajstić information content (AvgIpc) is 2.05. The number of halogens is 1. The monoisotopic (exact) mass is 170 g/mol. The molecule has 3 N–H and O–H groups in total. The number of ketones is 1. The molecule has 0 radical (unpaired) electrons. The molecular weight excluding hydrogens is 162 g/mol. The van der Waals surface area contributed by atoms with Crippen LogP contribution in [0.2, 0.25) is 5.02 Å². The van der Waals surface area contributed by atoms with Crippen LogP contribution < -0.4 is 5.73 Å². The Labute approximate surface area is 70.0 Å². The van der Waals surface area contributed by atoms with E-state index in [9.17, 15) is 4.79 Å². The number of carbonyl (C=O) groups excluding carboxylic acids is 1. The Balaban J connectivity index is 2.90. The summed E-state index contributed by atoms with van der Waals surface area (Å²) in [5.41, 5.74) is 4.17. The first-order chi connectivity index (χ1) is 5.24. The maximum atomic E-state index is 11.0. The van der Waals surface area contributed by atoms with Gasteiger partial charge in [-0.1, -0.05) is 11.6 Å². The van der Waals surface area contributed by atoms with E-state index in [1.807, 2.05) is 0 Å². The van der Waals surface area contributed by atoms with Crippen LogP contribution in [0.3, 0.4) is 0 Å². The first-order valence-corrected chi connectivity index (χ1v) is 3.70. The molecule has 0 saturated carbocycles. The average molecular weight is 171 g/mol. The topological polar surface area (TPSA) is 44.7 Å². The number of quaternary nitrogens is 1. The first kappa shape index (κ1) is 8.24. The van der Waals surface area contributed by atoms with Crippen molar-refractivity contribution in [2.24, 2.45) is 0 Å². The van der Waals surface area contributed by atoms with Crippen LogP contribution in [-0.2, 0) is 0 Å². The SMILES string of the molecule is [NH3+]CC(=O)c1ccc(Cl)cc1.